The first kappa shape index (κ1) is 29.9. The summed E-state index contributed by atoms with van der Waals surface area (Å²) in [5.74, 6) is -2.31. The maximum atomic E-state index is 12.7. The van der Waals surface area contributed by atoms with Crippen molar-refractivity contribution in [1.29, 1.82) is 0 Å². The quantitative estimate of drug-likeness (QED) is 0.107. The first-order valence-corrected chi connectivity index (χ1v) is 14.6. The molecule has 0 saturated heterocycles. The molecule has 2 amide bonds. The second-order valence-electron chi connectivity index (χ2n) is 8.82. The number of hydrogen-bond donors (Lipinski definition) is 2. The highest BCUT2D eigenvalue weighted by atomic mass is 79.9. The number of hydrogen-bond acceptors (Lipinski definition) is 9. The van der Waals surface area contributed by atoms with Gasteiger partial charge in [-0.15, -0.1) is 11.3 Å². The summed E-state index contributed by atoms with van der Waals surface area (Å²) in [6.07, 6.45) is 4.70. The molecule has 10 nitrogen and oxygen atoms in total. The standard InChI is InChI=1S/C29H28BrN3O7S/c1-3-38-20-12-9-17(10-13-20)28(36)40-22-14-11-19(30)15-18(22)16-31-33-26(35)25(34)32-27-24(29(37)39-4-2)21-7-5-6-8-23(21)41-27/h9-16H,3-8H2,1-2H3,(H,32,34)(H,33,35). The van der Waals surface area contributed by atoms with Crippen molar-refractivity contribution in [1.82, 2.24) is 5.43 Å². The Morgan fingerprint density at radius 3 is 2.46 bits per heavy atom. The predicted molar refractivity (Wildman–Crippen MR) is 158 cm³/mol. The fourth-order valence-corrected chi connectivity index (χ4v) is 5.82. The number of nitrogens with zero attached hydrogens (tertiary/aromatic N) is 1. The third-order valence-corrected chi connectivity index (χ3v) is 7.73. The summed E-state index contributed by atoms with van der Waals surface area (Å²) in [4.78, 5) is 51.5. The number of halogens is 1. The SMILES string of the molecule is CCOC(=O)c1c(NC(=O)C(=O)NN=Cc2cc(Br)ccc2OC(=O)c2ccc(OCC)cc2)sc2c1CCCC2. The molecule has 214 valence electrons. The van der Waals surface area contributed by atoms with Crippen molar-refractivity contribution in [2.24, 2.45) is 5.10 Å². The molecule has 3 aromatic rings. The van der Waals surface area contributed by atoms with Crippen molar-refractivity contribution in [3.63, 3.8) is 0 Å². The lowest BCUT2D eigenvalue weighted by molar-refractivity contribution is -0.136. The summed E-state index contributed by atoms with van der Waals surface area (Å²) in [6.45, 7) is 4.27. The Morgan fingerprint density at radius 2 is 1.73 bits per heavy atom. The molecular weight excluding hydrogens is 614 g/mol. The van der Waals surface area contributed by atoms with E-state index in [0.29, 0.717) is 39.9 Å². The first-order chi connectivity index (χ1) is 19.8. The van der Waals surface area contributed by atoms with Gasteiger partial charge in [0.05, 0.1) is 30.6 Å². The lowest BCUT2D eigenvalue weighted by Gasteiger charge is -2.12. The zero-order chi connectivity index (χ0) is 29.4. The minimum atomic E-state index is -1.04. The van der Waals surface area contributed by atoms with Crippen molar-refractivity contribution >= 4 is 62.2 Å². The Labute approximate surface area is 249 Å². The Kier molecular flexibility index (Phi) is 10.3. The van der Waals surface area contributed by atoms with Gasteiger partial charge in [-0.05, 0) is 87.6 Å². The molecule has 2 N–H and O–H groups in total. The molecule has 1 aliphatic carbocycles. The van der Waals surface area contributed by atoms with Crippen LogP contribution in [0.5, 0.6) is 11.5 Å². The average Bonchev–Trinajstić information content (AvgIpc) is 3.32. The molecule has 1 aromatic heterocycles. The van der Waals surface area contributed by atoms with Gasteiger partial charge in [-0.1, -0.05) is 15.9 Å². The summed E-state index contributed by atoms with van der Waals surface area (Å²) in [7, 11) is 0. The highest BCUT2D eigenvalue weighted by Crippen LogP contribution is 2.38. The number of ether oxygens (including phenoxy) is 3. The van der Waals surface area contributed by atoms with E-state index in [0.717, 1.165) is 29.7 Å². The molecule has 0 atom stereocenters. The fraction of sp³-hybridized carbons (Fsp3) is 0.276. The molecule has 0 radical (unpaired) electrons. The molecule has 0 spiro atoms. The smallest absolute Gasteiger partial charge is 0.343 e. The van der Waals surface area contributed by atoms with E-state index >= 15 is 0 Å². The zero-order valence-corrected chi connectivity index (χ0v) is 24.9. The Bertz CT molecular complexity index is 1480. The summed E-state index contributed by atoms with van der Waals surface area (Å²) in [5.41, 5.74) is 4.05. The highest BCUT2D eigenvalue weighted by Gasteiger charge is 2.28. The van der Waals surface area contributed by atoms with Crippen molar-refractivity contribution in [3.8, 4) is 11.5 Å². The normalized spacial score (nSPS) is 12.4. The van der Waals surface area contributed by atoms with Crippen molar-refractivity contribution in [3.05, 3.63) is 74.1 Å². The zero-order valence-electron chi connectivity index (χ0n) is 22.5. The van der Waals surface area contributed by atoms with E-state index in [1.165, 1.54) is 17.6 Å². The monoisotopic (exact) mass is 641 g/mol. The van der Waals surface area contributed by atoms with Crippen LogP contribution in [-0.2, 0) is 27.2 Å². The van der Waals surface area contributed by atoms with Crippen molar-refractivity contribution in [2.75, 3.05) is 18.5 Å². The predicted octanol–water partition coefficient (Wildman–Crippen LogP) is 5.27. The van der Waals surface area contributed by atoms with Crippen LogP contribution in [0.4, 0.5) is 5.00 Å². The number of rotatable bonds is 9. The number of thiophene rings is 1. The average molecular weight is 643 g/mol. The van der Waals surface area contributed by atoms with Gasteiger partial charge in [0.1, 0.15) is 16.5 Å². The van der Waals surface area contributed by atoms with Gasteiger partial charge in [-0.2, -0.15) is 5.10 Å². The molecule has 1 aliphatic rings. The number of carbonyl (C=O) groups is 4. The van der Waals surface area contributed by atoms with E-state index in [1.807, 2.05) is 6.92 Å². The molecule has 0 fully saturated rings. The number of fused-ring (bicyclic) bond motifs is 1. The summed E-state index contributed by atoms with van der Waals surface area (Å²) in [5, 5.41) is 6.69. The topological polar surface area (TPSA) is 132 Å². The molecule has 0 saturated carbocycles. The van der Waals surface area contributed by atoms with Crippen LogP contribution in [0.25, 0.3) is 0 Å². The van der Waals surface area contributed by atoms with E-state index in [1.54, 1.807) is 49.4 Å². The van der Waals surface area contributed by atoms with Crippen LogP contribution in [0.1, 0.15) is 63.4 Å². The first-order valence-electron chi connectivity index (χ1n) is 13.0. The van der Waals surface area contributed by atoms with Crippen LogP contribution in [0.2, 0.25) is 0 Å². The van der Waals surface area contributed by atoms with E-state index in [9.17, 15) is 19.2 Å². The Morgan fingerprint density at radius 1 is 0.976 bits per heavy atom. The maximum absolute atomic E-state index is 12.7. The molecule has 4 rings (SSSR count). The van der Waals surface area contributed by atoms with Crippen LogP contribution in [0.15, 0.2) is 52.0 Å². The number of carbonyl (C=O) groups excluding carboxylic acids is 4. The molecule has 1 heterocycles. The van der Waals surface area contributed by atoms with Gasteiger partial charge in [0.25, 0.3) is 0 Å². The van der Waals surface area contributed by atoms with Gasteiger partial charge in [-0.25, -0.2) is 15.0 Å². The number of esters is 2. The third-order valence-electron chi connectivity index (χ3n) is 6.03. The number of amides is 2. The molecule has 41 heavy (non-hydrogen) atoms. The van der Waals surface area contributed by atoms with Crippen molar-refractivity contribution < 1.29 is 33.4 Å². The highest BCUT2D eigenvalue weighted by molar-refractivity contribution is 9.10. The number of benzene rings is 2. The second-order valence-corrected chi connectivity index (χ2v) is 10.8. The van der Waals surface area contributed by atoms with Gasteiger partial charge in [0.2, 0.25) is 0 Å². The number of anilines is 1. The van der Waals surface area contributed by atoms with Gasteiger partial charge in [0, 0.05) is 14.9 Å². The molecule has 0 unspecified atom stereocenters. The molecule has 12 heteroatoms. The second kappa shape index (κ2) is 14.0. The van der Waals surface area contributed by atoms with Crippen LogP contribution in [0, 0.1) is 0 Å². The minimum absolute atomic E-state index is 0.192. The minimum Gasteiger partial charge on any atom is -0.494 e. The Balaban J connectivity index is 1.43. The molecule has 0 bridgehead atoms. The Hall–Kier alpha value is -4.03. The third kappa shape index (κ3) is 7.59. The molecule has 2 aromatic carbocycles. The fourth-order valence-electron chi connectivity index (χ4n) is 4.17. The van der Waals surface area contributed by atoms with E-state index in [-0.39, 0.29) is 17.4 Å². The summed E-state index contributed by atoms with van der Waals surface area (Å²) >= 11 is 4.64. The van der Waals surface area contributed by atoms with E-state index < -0.39 is 23.8 Å². The largest absolute Gasteiger partial charge is 0.494 e. The van der Waals surface area contributed by atoms with Gasteiger partial charge < -0.3 is 19.5 Å². The number of aryl methyl sites for hydroxylation is 1. The van der Waals surface area contributed by atoms with Crippen LogP contribution >= 0.6 is 27.3 Å². The maximum Gasteiger partial charge on any atom is 0.343 e. The van der Waals surface area contributed by atoms with Gasteiger partial charge in [-0.3, -0.25) is 9.59 Å². The van der Waals surface area contributed by atoms with Gasteiger partial charge in [0.15, 0.2) is 0 Å². The number of nitrogens with one attached hydrogen (secondary N) is 2. The van der Waals surface area contributed by atoms with E-state index in [2.05, 4.69) is 31.8 Å². The van der Waals surface area contributed by atoms with Crippen molar-refractivity contribution in [2.45, 2.75) is 39.5 Å². The van der Waals surface area contributed by atoms with Crippen LogP contribution in [0.3, 0.4) is 0 Å². The molecular formula is C29H28BrN3O7S. The summed E-state index contributed by atoms with van der Waals surface area (Å²) in [6, 6.07) is 11.4. The number of hydrazone groups is 1. The van der Waals surface area contributed by atoms with Gasteiger partial charge >= 0.3 is 23.8 Å². The van der Waals surface area contributed by atoms with Crippen LogP contribution < -0.4 is 20.2 Å². The lowest BCUT2D eigenvalue weighted by Crippen LogP contribution is -2.32. The van der Waals surface area contributed by atoms with Crippen LogP contribution in [-0.4, -0.2) is 43.2 Å². The lowest BCUT2D eigenvalue weighted by atomic mass is 9.95. The van der Waals surface area contributed by atoms with E-state index in [4.69, 9.17) is 14.2 Å². The summed E-state index contributed by atoms with van der Waals surface area (Å²) < 4.78 is 16.8. The molecule has 0 aliphatic heterocycles.